The summed E-state index contributed by atoms with van der Waals surface area (Å²) in [6.07, 6.45) is 1.21. The molecule has 0 fully saturated rings. The largest absolute Gasteiger partial charge is 0.352 e. The summed E-state index contributed by atoms with van der Waals surface area (Å²) >= 11 is 0. The van der Waals surface area contributed by atoms with Crippen LogP contribution >= 0.6 is 0 Å². The van der Waals surface area contributed by atoms with Crippen molar-refractivity contribution in [2.45, 2.75) is 46.6 Å². The zero-order valence-corrected chi connectivity index (χ0v) is 9.50. The molecule has 0 heterocycles. The first-order chi connectivity index (χ1) is 6.52. The van der Waals surface area contributed by atoms with E-state index in [0.29, 0.717) is 12.3 Å². The number of carbonyl (C=O) groups excluding carboxylic acids is 1. The quantitative estimate of drug-likeness (QED) is 0.732. The second-order valence-electron chi connectivity index (χ2n) is 4.01. The molecular weight excluding hydrogens is 176 g/mol. The predicted molar refractivity (Wildman–Crippen MR) is 56.5 cm³/mol. The minimum absolute atomic E-state index is 0.00806. The Balaban J connectivity index is 4.09. The highest BCUT2D eigenvalue weighted by atomic mass is 16.1. The van der Waals surface area contributed by atoms with Crippen molar-refractivity contribution in [3.63, 3.8) is 0 Å². The third-order valence-electron chi connectivity index (χ3n) is 2.59. The monoisotopic (exact) mass is 196 g/mol. The van der Waals surface area contributed by atoms with Crippen molar-refractivity contribution in [3.05, 3.63) is 0 Å². The van der Waals surface area contributed by atoms with Gasteiger partial charge in [0.25, 0.3) is 0 Å². The molecule has 3 nitrogen and oxygen atoms in total. The van der Waals surface area contributed by atoms with Crippen LogP contribution in [0.3, 0.4) is 0 Å². The Morgan fingerprint density at radius 2 is 2.00 bits per heavy atom. The standard InChI is InChI=1S/C11H20N2O/c1-5-10(6-7-12)13-11(14)9(4)8(2)3/h8-10H,5-6H2,1-4H3,(H,13,14). The first kappa shape index (κ1) is 13.0. The molecule has 0 bridgehead atoms. The lowest BCUT2D eigenvalue weighted by molar-refractivity contribution is -0.126. The molecule has 0 rings (SSSR count). The Labute approximate surface area is 86.5 Å². The van der Waals surface area contributed by atoms with Crippen LogP contribution in [0, 0.1) is 23.2 Å². The number of carbonyl (C=O) groups is 1. The van der Waals surface area contributed by atoms with E-state index in [4.69, 9.17) is 5.26 Å². The normalized spacial score (nSPS) is 14.6. The molecule has 0 aliphatic rings. The van der Waals surface area contributed by atoms with Crippen LogP contribution in [0.4, 0.5) is 0 Å². The highest BCUT2D eigenvalue weighted by Crippen LogP contribution is 2.10. The van der Waals surface area contributed by atoms with E-state index in [-0.39, 0.29) is 17.9 Å². The molecule has 0 spiro atoms. The van der Waals surface area contributed by atoms with Crippen LogP contribution in [0.2, 0.25) is 0 Å². The van der Waals surface area contributed by atoms with Gasteiger partial charge in [0.15, 0.2) is 0 Å². The van der Waals surface area contributed by atoms with Crippen LogP contribution in [0.1, 0.15) is 40.5 Å². The molecule has 0 aromatic heterocycles. The van der Waals surface area contributed by atoms with Crippen molar-refractivity contribution < 1.29 is 4.79 Å². The smallest absolute Gasteiger partial charge is 0.223 e. The average molecular weight is 196 g/mol. The zero-order chi connectivity index (χ0) is 11.1. The van der Waals surface area contributed by atoms with E-state index < -0.39 is 0 Å². The Kier molecular flexibility index (Phi) is 5.94. The van der Waals surface area contributed by atoms with E-state index in [1.54, 1.807) is 0 Å². The van der Waals surface area contributed by atoms with Gasteiger partial charge in [-0.15, -0.1) is 0 Å². The SMILES string of the molecule is CCC(CC#N)NC(=O)C(C)C(C)C. The van der Waals surface area contributed by atoms with E-state index in [9.17, 15) is 4.79 Å². The summed E-state index contributed by atoms with van der Waals surface area (Å²) in [7, 11) is 0. The molecule has 0 saturated heterocycles. The fourth-order valence-electron chi connectivity index (χ4n) is 1.04. The first-order valence-electron chi connectivity index (χ1n) is 5.20. The Morgan fingerprint density at radius 3 is 2.36 bits per heavy atom. The van der Waals surface area contributed by atoms with Gasteiger partial charge in [-0.05, 0) is 12.3 Å². The Hall–Kier alpha value is -1.04. The number of hydrogen-bond acceptors (Lipinski definition) is 2. The van der Waals surface area contributed by atoms with Crippen LogP contribution in [-0.4, -0.2) is 11.9 Å². The van der Waals surface area contributed by atoms with E-state index in [1.807, 2.05) is 27.7 Å². The molecule has 14 heavy (non-hydrogen) atoms. The van der Waals surface area contributed by atoms with Gasteiger partial charge in [0.05, 0.1) is 12.5 Å². The van der Waals surface area contributed by atoms with Gasteiger partial charge in [0.1, 0.15) is 0 Å². The minimum Gasteiger partial charge on any atom is -0.352 e. The van der Waals surface area contributed by atoms with E-state index in [2.05, 4.69) is 11.4 Å². The summed E-state index contributed by atoms with van der Waals surface area (Å²) in [6, 6.07) is 2.09. The summed E-state index contributed by atoms with van der Waals surface area (Å²) in [5.41, 5.74) is 0. The molecule has 0 saturated carbocycles. The summed E-state index contributed by atoms with van der Waals surface area (Å²) in [4.78, 5) is 11.6. The lowest BCUT2D eigenvalue weighted by atomic mass is 9.96. The number of nitrogens with one attached hydrogen (secondary N) is 1. The maximum atomic E-state index is 11.6. The number of nitrogens with zero attached hydrogens (tertiary/aromatic N) is 1. The Morgan fingerprint density at radius 1 is 1.43 bits per heavy atom. The van der Waals surface area contributed by atoms with Gasteiger partial charge in [-0.25, -0.2) is 0 Å². The van der Waals surface area contributed by atoms with Gasteiger partial charge in [0.2, 0.25) is 5.91 Å². The van der Waals surface area contributed by atoms with Crippen molar-refractivity contribution in [1.82, 2.24) is 5.32 Å². The summed E-state index contributed by atoms with van der Waals surface area (Å²) in [5, 5.41) is 11.4. The molecule has 2 atom stereocenters. The molecule has 0 aliphatic carbocycles. The van der Waals surface area contributed by atoms with Crippen molar-refractivity contribution in [2.75, 3.05) is 0 Å². The fraction of sp³-hybridized carbons (Fsp3) is 0.818. The lowest BCUT2D eigenvalue weighted by Crippen LogP contribution is -2.39. The van der Waals surface area contributed by atoms with Gasteiger partial charge >= 0.3 is 0 Å². The van der Waals surface area contributed by atoms with Crippen LogP contribution < -0.4 is 5.32 Å². The highest BCUT2D eigenvalue weighted by Gasteiger charge is 2.18. The average Bonchev–Trinajstić information content (AvgIpc) is 2.15. The highest BCUT2D eigenvalue weighted by molar-refractivity contribution is 5.78. The third kappa shape index (κ3) is 4.27. The summed E-state index contributed by atoms with van der Waals surface area (Å²) in [5.74, 6) is 0.416. The van der Waals surface area contributed by atoms with Gasteiger partial charge < -0.3 is 5.32 Å². The van der Waals surface area contributed by atoms with Crippen LogP contribution in [0.15, 0.2) is 0 Å². The molecule has 0 aromatic rings. The lowest BCUT2D eigenvalue weighted by Gasteiger charge is -2.19. The second kappa shape index (κ2) is 6.42. The molecule has 0 aliphatic heterocycles. The van der Waals surface area contributed by atoms with Gasteiger partial charge in [-0.2, -0.15) is 5.26 Å². The van der Waals surface area contributed by atoms with Gasteiger partial charge in [-0.3, -0.25) is 4.79 Å². The molecule has 2 unspecified atom stereocenters. The number of nitriles is 1. The summed E-state index contributed by atoms with van der Waals surface area (Å²) in [6.45, 7) is 7.94. The molecule has 80 valence electrons. The van der Waals surface area contributed by atoms with Crippen LogP contribution in [-0.2, 0) is 4.79 Å². The van der Waals surface area contributed by atoms with Crippen molar-refractivity contribution in [3.8, 4) is 6.07 Å². The molecule has 1 N–H and O–H groups in total. The number of amides is 1. The topological polar surface area (TPSA) is 52.9 Å². The molecule has 1 amide bonds. The van der Waals surface area contributed by atoms with Gasteiger partial charge in [0, 0.05) is 12.0 Å². The number of hydrogen-bond donors (Lipinski definition) is 1. The van der Waals surface area contributed by atoms with E-state index in [0.717, 1.165) is 6.42 Å². The second-order valence-corrected chi connectivity index (χ2v) is 4.01. The zero-order valence-electron chi connectivity index (χ0n) is 9.50. The molecule has 0 aromatic carbocycles. The van der Waals surface area contributed by atoms with Crippen molar-refractivity contribution in [1.29, 1.82) is 5.26 Å². The number of rotatable bonds is 5. The maximum absolute atomic E-state index is 11.6. The Bertz CT molecular complexity index is 218. The fourth-order valence-corrected chi connectivity index (χ4v) is 1.04. The maximum Gasteiger partial charge on any atom is 0.223 e. The molecular formula is C11H20N2O. The van der Waals surface area contributed by atoms with Crippen molar-refractivity contribution in [2.24, 2.45) is 11.8 Å². The first-order valence-corrected chi connectivity index (χ1v) is 5.20. The van der Waals surface area contributed by atoms with Crippen molar-refractivity contribution >= 4 is 5.91 Å². The van der Waals surface area contributed by atoms with Gasteiger partial charge in [-0.1, -0.05) is 27.7 Å². The predicted octanol–water partition coefficient (Wildman–Crippen LogP) is 2.09. The van der Waals surface area contributed by atoms with Crippen LogP contribution in [0.5, 0.6) is 0 Å². The minimum atomic E-state index is 0.00806. The van der Waals surface area contributed by atoms with Crippen LogP contribution in [0.25, 0.3) is 0 Å². The third-order valence-corrected chi connectivity index (χ3v) is 2.59. The van der Waals surface area contributed by atoms with E-state index in [1.165, 1.54) is 0 Å². The van der Waals surface area contributed by atoms with E-state index >= 15 is 0 Å². The molecule has 0 radical (unpaired) electrons. The molecule has 3 heteroatoms. The summed E-state index contributed by atoms with van der Waals surface area (Å²) < 4.78 is 0.